The van der Waals surface area contributed by atoms with Gasteiger partial charge in [-0.05, 0) is 62.7 Å². The number of aliphatic hydroxyl groups is 1. The third-order valence-corrected chi connectivity index (χ3v) is 4.99. The molecule has 8 heteroatoms. The zero-order chi connectivity index (χ0) is 23.0. The molecule has 1 aliphatic rings. The molecule has 1 saturated heterocycles. The fraction of sp³-hybridized carbons (Fsp3) is 0.208. The molecule has 1 aliphatic heterocycles. The summed E-state index contributed by atoms with van der Waals surface area (Å²) < 4.78 is 24.2. The molecule has 1 atom stereocenters. The number of hydrogen-bond acceptors (Lipinski definition) is 6. The summed E-state index contributed by atoms with van der Waals surface area (Å²) in [5.74, 6) is -1.39. The Kier molecular flexibility index (Phi) is 5.52. The van der Waals surface area contributed by atoms with Crippen LogP contribution in [0.2, 0.25) is 0 Å². The number of ether oxygens (including phenoxy) is 1. The molecule has 3 aromatic rings. The molecular weight excluding hydrogens is 415 g/mol. The van der Waals surface area contributed by atoms with Crippen molar-refractivity contribution in [3.8, 4) is 5.75 Å². The zero-order valence-corrected chi connectivity index (χ0v) is 17.7. The molecule has 0 saturated carbocycles. The minimum absolute atomic E-state index is 0.0239. The Morgan fingerprint density at radius 1 is 1.12 bits per heavy atom. The van der Waals surface area contributed by atoms with E-state index in [1.54, 1.807) is 31.2 Å². The van der Waals surface area contributed by atoms with E-state index in [0.717, 1.165) is 4.90 Å². The lowest BCUT2D eigenvalue weighted by Gasteiger charge is -2.22. The van der Waals surface area contributed by atoms with Crippen LogP contribution in [-0.4, -0.2) is 28.1 Å². The van der Waals surface area contributed by atoms with Crippen molar-refractivity contribution in [2.75, 3.05) is 4.90 Å². The molecule has 164 valence electrons. The monoisotopic (exact) mass is 436 g/mol. The Labute approximate surface area is 183 Å². The van der Waals surface area contributed by atoms with E-state index < -0.39 is 23.5 Å². The summed E-state index contributed by atoms with van der Waals surface area (Å²) in [6.45, 7) is 5.44. The molecule has 0 aliphatic carbocycles. The van der Waals surface area contributed by atoms with Crippen molar-refractivity contribution < 1.29 is 28.3 Å². The number of nitrogens with zero attached hydrogens (tertiary/aromatic N) is 2. The maximum atomic E-state index is 13.6. The summed E-state index contributed by atoms with van der Waals surface area (Å²) in [6, 6.07) is 12.4. The van der Waals surface area contributed by atoms with Crippen LogP contribution in [0.3, 0.4) is 0 Å². The summed E-state index contributed by atoms with van der Waals surface area (Å²) in [4.78, 5) is 27.1. The summed E-state index contributed by atoms with van der Waals surface area (Å²) in [5.41, 5.74) is 0.648. The van der Waals surface area contributed by atoms with Gasteiger partial charge in [0.25, 0.3) is 5.78 Å². The summed E-state index contributed by atoms with van der Waals surface area (Å²) in [6.07, 6.45) is -0.0239. The Hall–Kier alpha value is -3.94. The standard InChI is InChI=1S/C24H21FN2O5/c1-13(2)31-18-10-6-16(7-11-18)22(28)20-21(15-4-8-17(25)9-5-15)27(24(30)23(20)29)19-12-14(3)32-26-19/h4-13,21,28H,1-3H3/t21-/m1/s1. The molecule has 2 aromatic carbocycles. The molecule has 7 nitrogen and oxygen atoms in total. The first-order valence-corrected chi connectivity index (χ1v) is 10.0. The quantitative estimate of drug-likeness (QED) is 0.359. The fourth-order valence-corrected chi connectivity index (χ4v) is 3.62. The van der Waals surface area contributed by atoms with Gasteiger partial charge in [-0.15, -0.1) is 0 Å². The van der Waals surface area contributed by atoms with Crippen LogP contribution >= 0.6 is 0 Å². The van der Waals surface area contributed by atoms with Gasteiger partial charge < -0.3 is 14.4 Å². The molecule has 0 bridgehead atoms. The molecular formula is C24H21FN2O5. The number of ketones is 1. The van der Waals surface area contributed by atoms with E-state index in [1.165, 1.54) is 30.3 Å². The molecule has 2 heterocycles. The Balaban J connectivity index is 1.85. The largest absolute Gasteiger partial charge is 0.507 e. The van der Waals surface area contributed by atoms with Crippen LogP contribution in [-0.2, 0) is 9.59 Å². The normalized spacial score (nSPS) is 17.9. The highest BCUT2D eigenvalue weighted by Gasteiger charge is 2.48. The first-order valence-electron chi connectivity index (χ1n) is 10.0. The number of benzene rings is 2. The lowest BCUT2D eigenvalue weighted by Crippen LogP contribution is -2.29. The van der Waals surface area contributed by atoms with Crippen molar-refractivity contribution in [3.63, 3.8) is 0 Å². The minimum atomic E-state index is -1.01. The third kappa shape index (κ3) is 3.87. The maximum Gasteiger partial charge on any atom is 0.301 e. The number of hydrogen-bond donors (Lipinski definition) is 1. The smallest absolute Gasteiger partial charge is 0.301 e. The van der Waals surface area contributed by atoms with Gasteiger partial charge in [-0.3, -0.25) is 14.5 Å². The van der Waals surface area contributed by atoms with Gasteiger partial charge in [-0.1, -0.05) is 17.3 Å². The fourth-order valence-electron chi connectivity index (χ4n) is 3.62. The number of anilines is 1. The third-order valence-electron chi connectivity index (χ3n) is 4.99. The number of amides is 1. The van der Waals surface area contributed by atoms with Crippen molar-refractivity contribution in [1.29, 1.82) is 0 Å². The van der Waals surface area contributed by atoms with Gasteiger partial charge in [0.15, 0.2) is 5.82 Å². The van der Waals surface area contributed by atoms with Gasteiger partial charge in [-0.2, -0.15) is 0 Å². The highest BCUT2D eigenvalue weighted by molar-refractivity contribution is 6.51. The van der Waals surface area contributed by atoms with Crippen LogP contribution in [0.15, 0.2) is 64.7 Å². The Bertz CT molecular complexity index is 1200. The molecule has 1 fully saturated rings. The summed E-state index contributed by atoms with van der Waals surface area (Å²) in [5, 5.41) is 14.9. The van der Waals surface area contributed by atoms with E-state index in [4.69, 9.17) is 9.26 Å². The number of aromatic nitrogens is 1. The molecule has 1 N–H and O–H groups in total. The van der Waals surface area contributed by atoms with Crippen molar-refractivity contribution in [1.82, 2.24) is 5.16 Å². The molecule has 0 spiro atoms. The van der Waals surface area contributed by atoms with Crippen LogP contribution in [0.25, 0.3) is 5.76 Å². The van der Waals surface area contributed by atoms with E-state index in [9.17, 15) is 19.1 Å². The van der Waals surface area contributed by atoms with Crippen molar-refractivity contribution >= 4 is 23.3 Å². The number of rotatable bonds is 5. The summed E-state index contributed by atoms with van der Waals surface area (Å²) in [7, 11) is 0. The number of halogens is 1. The van der Waals surface area contributed by atoms with E-state index in [1.807, 2.05) is 13.8 Å². The first-order chi connectivity index (χ1) is 15.3. The first kappa shape index (κ1) is 21.3. The second kappa shape index (κ2) is 8.30. The molecule has 0 unspecified atom stereocenters. The number of aliphatic hydroxyl groups excluding tert-OH is 1. The number of Topliss-reactive ketones (excluding diaryl/α,β-unsaturated/α-hetero) is 1. The average molecular weight is 436 g/mol. The lowest BCUT2D eigenvalue weighted by molar-refractivity contribution is -0.132. The predicted molar refractivity (Wildman–Crippen MR) is 115 cm³/mol. The average Bonchev–Trinajstić information content (AvgIpc) is 3.29. The van der Waals surface area contributed by atoms with Gasteiger partial charge in [0.1, 0.15) is 23.1 Å². The van der Waals surface area contributed by atoms with Gasteiger partial charge in [-0.25, -0.2) is 4.39 Å². The number of carbonyl (C=O) groups excluding carboxylic acids is 2. The summed E-state index contributed by atoms with van der Waals surface area (Å²) >= 11 is 0. The van der Waals surface area contributed by atoms with Gasteiger partial charge >= 0.3 is 5.91 Å². The molecule has 32 heavy (non-hydrogen) atoms. The molecule has 1 aromatic heterocycles. The van der Waals surface area contributed by atoms with Crippen LogP contribution in [0, 0.1) is 12.7 Å². The van der Waals surface area contributed by atoms with Crippen LogP contribution in [0.4, 0.5) is 10.2 Å². The van der Waals surface area contributed by atoms with Crippen LogP contribution in [0.5, 0.6) is 5.75 Å². The minimum Gasteiger partial charge on any atom is -0.507 e. The van der Waals surface area contributed by atoms with Crippen molar-refractivity contribution in [3.05, 3.63) is 82.9 Å². The van der Waals surface area contributed by atoms with E-state index in [0.29, 0.717) is 22.6 Å². The molecule has 0 radical (unpaired) electrons. The highest BCUT2D eigenvalue weighted by Crippen LogP contribution is 2.42. The highest BCUT2D eigenvalue weighted by atomic mass is 19.1. The second-order valence-electron chi connectivity index (χ2n) is 7.71. The Morgan fingerprint density at radius 3 is 2.34 bits per heavy atom. The van der Waals surface area contributed by atoms with E-state index >= 15 is 0 Å². The topological polar surface area (TPSA) is 92.9 Å². The number of carbonyl (C=O) groups is 2. The molecule has 4 rings (SSSR count). The second-order valence-corrected chi connectivity index (χ2v) is 7.71. The van der Waals surface area contributed by atoms with Crippen LogP contribution < -0.4 is 9.64 Å². The number of aryl methyl sites for hydroxylation is 1. The van der Waals surface area contributed by atoms with Crippen molar-refractivity contribution in [2.45, 2.75) is 32.9 Å². The van der Waals surface area contributed by atoms with Crippen LogP contribution in [0.1, 0.15) is 36.8 Å². The Morgan fingerprint density at radius 2 is 1.78 bits per heavy atom. The molecule has 1 amide bonds. The van der Waals surface area contributed by atoms with E-state index in [2.05, 4.69) is 5.16 Å². The lowest BCUT2D eigenvalue weighted by atomic mass is 9.95. The SMILES string of the molecule is Cc1cc(N2C(=O)C(=O)C(=C(O)c3ccc(OC(C)C)cc3)[C@H]2c2ccc(F)cc2)no1. The van der Waals surface area contributed by atoms with E-state index in [-0.39, 0.29) is 23.3 Å². The van der Waals surface area contributed by atoms with Gasteiger partial charge in [0.2, 0.25) is 0 Å². The zero-order valence-electron chi connectivity index (χ0n) is 17.7. The maximum absolute atomic E-state index is 13.6. The van der Waals surface area contributed by atoms with Crippen molar-refractivity contribution in [2.24, 2.45) is 0 Å². The van der Waals surface area contributed by atoms with Gasteiger partial charge in [0.05, 0.1) is 17.7 Å². The predicted octanol–water partition coefficient (Wildman–Crippen LogP) is 4.54. The van der Waals surface area contributed by atoms with Gasteiger partial charge in [0, 0.05) is 11.6 Å².